The minimum Gasteiger partial charge on any atom is -0.497 e. The van der Waals surface area contributed by atoms with Gasteiger partial charge in [0, 0.05) is 41.2 Å². The monoisotopic (exact) mass is 410 g/mol. The second kappa shape index (κ2) is 7.62. The number of methoxy groups -OCH3 is 1. The predicted octanol–water partition coefficient (Wildman–Crippen LogP) is 5.81. The van der Waals surface area contributed by atoms with Crippen LogP contribution in [0.5, 0.6) is 5.75 Å². The average Bonchev–Trinajstić information content (AvgIpc) is 3.25. The van der Waals surface area contributed by atoms with E-state index in [2.05, 4.69) is 61.0 Å². The summed E-state index contributed by atoms with van der Waals surface area (Å²) in [6.07, 6.45) is 0.912. The lowest BCUT2D eigenvalue weighted by Crippen LogP contribution is -2.29. The molecule has 0 unspecified atom stereocenters. The summed E-state index contributed by atoms with van der Waals surface area (Å²) in [6, 6.07) is 24.6. The van der Waals surface area contributed by atoms with Crippen molar-refractivity contribution in [2.75, 3.05) is 13.7 Å². The number of benzene rings is 3. The molecular weight excluding hydrogens is 384 g/mol. The van der Waals surface area contributed by atoms with E-state index in [1.54, 1.807) is 7.11 Å². The molecule has 1 aliphatic rings. The van der Waals surface area contributed by atoms with Crippen LogP contribution in [0.3, 0.4) is 0 Å². The molecule has 0 fully saturated rings. The molecule has 1 amide bonds. The van der Waals surface area contributed by atoms with Crippen LogP contribution in [-0.2, 0) is 7.05 Å². The van der Waals surface area contributed by atoms with Crippen molar-refractivity contribution in [1.29, 1.82) is 0 Å². The zero-order valence-electron chi connectivity index (χ0n) is 18.1. The number of hydrogen-bond donors (Lipinski definition) is 0. The summed E-state index contributed by atoms with van der Waals surface area (Å²) in [7, 11) is 3.80. The van der Waals surface area contributed by atoms with Gasteiger partial charge in [0.1, 0.15) is 5.75 Å². The van der Waals surface area contributed by atoms with Crippen LogP contribution in [-0.4, -0.2) is 29.0 Å². The second-order valence-electron chi connectivity index (χ2n) is 8.06. The Morgan fingerprint density at radius 1 is 0.968 bits per heavy atom. The van der Waals surface area contributed by atoms with Gasteiger partial charge in [-0.1, -0.05) is 55.5 Å². The van der Waals surface area contributed by atoms with Gasteiger partial charge in [-0.3, -0.25) is 4.79 Å². The van der Waals surface area contributed by atoms with Crippen molar-refractivity contribution in [3.05, 3.63) is 89.5 Å². The maximum absolute atomic E-state index is 13.4. The zero-order chi connectivity index (χ0) is 21.5. The molecule has 3 aromatic carbocycles. The van der Waals surface area contributed by atoms with Crippen LogP contribution in [0.1, 0.15) is 40.9 Å². The molecule has 4 aromatic rings. The van der Waals surface area contributed by atoms with Gasteiger partial charge >= 0.3 is 0 Å². The topological polar surface area (TPSA) is 34.5 Å². The minimum atomic E-state index is -0.115. The number of hydrogen-bond acceptors (Lipinski definition) is 2. The van der Waals surface area contributed by atoms with E-state index in [9.17, 15) is 4.79 Å². The molecule has 0 bridgehead atoms. The Labute approximate surface area is 182 Å². The highest BCUT2D eigenvalue weighted by atomic mass is 16.5. The molecule has 0 radical (unpaired) electrons. The summed E-state index contributed by atoms with van der Waals surface area (Å²) in [4.78, 5) is 15.4. The van der Waals surface area contributed by atoms with E-state index in [1.807, 2.05) is 35.2 Å². The van der Waals surface area contributed by atoms with E-state index >= 15 is 0 Å². The highest BCUT2D eigenvalue weighted by Crippen LogP contribution is 2.46. The molecule has 1 atom stereocenters. The van der Waals surface area contributed by atoms with Gasteiger partial charge in [-0.15, -0.1) is 0 Å². The van der Waals surface area contributed by atoms with Gasteiger partial charge in [0.2, 0.25) is 0 Å². The van der Waals surface area contributed by atoms with Crippen LogP contribution >= 0.6 is 0 Å². The van der Waals surface area contributed by atoms with Crippen molar-refractivity contribution in [1.82, 2.24) is 9.47 Å². The van der Waals surface area contributed by atoms with Gasteiger partial charge in [-0.2, -0.15) is 0 Å². The molecule has 4 nitrogen and oxygen atoms in total. The summed E-state index contributed by atoms with van der Waals surface area (Å²) < 4.78 is 7.76. The lowest BCUT2D eigenvalue weighted by molar-refractivity contribution is 0.0751. The Morgan fingerprint density at radius 3 is 2.55 bits per heavy atom. The Bertz CT molecular complexity index is 1290. The van der Waals surface area contributed by atoms with Gasteiger partial charge < -0.3 is 14.2 Å². The van der Waals surface area contributed by atoms with Crippen molar-refractivity contribution in [2.24, 2.45) is 7.05 Å². The first kappa shape index (κ1) is 19.4. The fourth-order valence-corrected chi connectivity index (χ4v) is 4.97. The third-order valence-corrected chi connectivity index (χ3v) is 6.29. The summed E-state index contributed by atoms with van der Waals surface area (Å²) in [5.41, 5.74) is 6.44. The van der Waals surface area contributed by atoms with Gasteiger partial charge in [0.25, 0.3) is 5.91 Å². The number of aryl methyl sites for hydroxylation is 1. The van der Waals surface area contributed by atoms with E-state index in [-0.39, 0.29) is 11.9 Å². The Hall–Kier alpha value is -3.53. The Balaban J connectivity index is 1.85. The molecule has 156 valence electrons. The van der Waals surface area contributed by atoms with Gasteiger partial charge in [0.05, 0.1) is 18.8 Å². The van der Waals surface area contributed by atoms with Crippen LogP contribution < -0.4 is 4.74 Å². The molecular formula is C27H26N2O2. The minimum absolute atomic E-state index is 0.115. The molecule has 5 rings (SSSR count). The number of carbonyl (C=O) groups is 1. The van der Waals surface area contributed by atoms with E-state index in [0.29, 0.717) is 0 Å². The largest absolute Gasteiger partial charge is 0.497 e. The standard InChI is InChI=1S/C27H26N2O2/c1-4-16-29-26(20-12-5-6-13-21(20)27(29)30)24-22-14-7-8-15-23(22)28(2)25(24)18-10-9-11-19(17-18)31-3/h5-15,17,26H,4,16H2,1-3H3/t26-/m0/s1. The zero-order valence-corrected chi connectivity index (χ0v) is 18.1. The van der Waals surface area contributed by atoms with Crippen molar-refractivity contribution in [3.8, 4) is 17.0 Å². The van der Waals surface area contributed by atoms with Crippen molar-refractivity contribution in [2.45, 2.75) is 19.4 Å². The maximum atomic E-state index is 13.4. The summed E-state index contributed by atoms with van der Waals surface area (Å²) in [5.74, 6) is 0.939. The van der Waals surface area contributed by atoms with E-state index in [1.165, 1.54) is 10.9 Å². The third kappa shape index (κ3) is 2.94. The summed E-state index contributed by atoms with van der Waals surface area (Å²) >= 11 is 0. The number of fused-ring (bicyclic) bond motifs is 2. The van der Waals surface area contributed by atoms with Crippen molar-refractivity contribution < 1.29 is 9.53 Å². The fourth-order valence-electron chi connectivity index (χ4n) is 4.97. The maximum Gasteiger partial charge on any atom is 0.255 e. The van der Waals surface area contributed by atoms with Gasteiger partial charge in [0.15, 0.2) is 0 Å². The number of carbonyl (C=O) groups excluding carboxylic acids is 1. The molecule has 4 heteroatoms. The molecule has 0 saturated heterocycles. The second-order valence-corrected chi connectivity index (χ2v) is 8.06. The average molecular weight is 411 g/mol. The number of nitrogens with zero attached hydrogens (tertiary/aromatic N) is 2. The van der Waals surface area contributed by atoms with Crippen LogP contribution in [0, 0.1) is 0 Å². The lowest BCUT2D eigenvalue weighted by Gasteiger charge is -2.26. The van der Waals surface area contributed by atoms with Gasteiger partial charge in [-0.25, -0.2) is 0 Å². The van der Waals surface area contributed by atoms with Crippen LogP contribution in [0.25, 0.3) is 22.2 Å². The number of para-hydroxylation sites is 1. The quantitative estimate of drug-likeness (QED) is 0.416. The van der Waals surface area contributed by atoms with E-state index < -0.39 is 0 Å². The number of aromatic nitrogens is 1. The fraction of sp³-hybridized carbons (Fsp3) is 0.222. The highest BCUT2D eigenvalue weighted by Gasteiger charge is 2.40. The summed E-state index contributed by atoms with van der Waals surface area (Å²) in [5, 5.41) is 1.18. The van der Waals surface area contributed by atoms with E-state index in [0.717, 1.165) is 46.6 Å². The smallest absolute Gasteiger partial charge is 0.255 e. The first-order valence-corrected chi connectivity index (χ1v) is 10.8. The van der Waals surface area contributed by atoms with Crippen molar-refractivity contribution >= 4 is 16.8 Å². The number of rotatable bonds is 5. The van der Waals surface area contributed by atoms with Gasteiger partial charge in [-0.05, 0) is 36.2 Å². The Kier molecular flexibility index (Phi) is 4.78. The van der Waals surface area contributed by atoms with Crippen LogP contribution in [0.4, 0.5) is 0 Å². The van der Waals surface area contributed by atoms with E-state index in [4.69, 9.17) is 4.74 Å². The molecule has 31 heavy (non-hydrogen) atoms. The SMILES string of the molecule is CCCN1C(=O)c2ccccc2[C@H]1c1c(-c2cccc(OC)c2)n(C)c2ccccc12. The first-order valence-electron chi connectivity index (χ1n) is 10.8. The number of ether oxygens (including phenoxy) is 1. The predicted molar refractivity (Wildman–Crippen MR) is 125 cm³/mol. The molecule has 2 heterocycles. The Morgan fingerprint density at radius 2 is 1.74 bits per heavy atom. The third-order valence-electron chi connectivity index (χ3n) is 6.29. The number of amides is 1. The van der Waals surface area contributed by atoms with Crippen LogP contribution in [0.15, 0.2) is 72.8 Å². The normalized spacial score (nSPS) is 15.5. The summed E-state index contributed by atoms with van der Waals surface area (Å²) in [6.45, 7) is 2.85. The van der Waals surface area contributed by atoms with Crippen LogP contribution in [0.2, 0.25) is 0 Å². The molecule has 1 aromatic heterocycles. The van der Waals surface area contributed by atoms with Crippen molar-refractivity contribution in [3.63, 3.8) is 0 Å². The molecule has 1 aliphatic heterocycles. The molecule has 0 spiro atoms. The first-order chi connectivity index (χ1) is 15.2. The molecule has 0 saturated carbocycles. The highest BCUT2D eigenvalue weighted by molar-refractivity contribution is 6.02. The lowest BCUT2D eigenvalue weighted by atomic mass is 9.93. The molecule has 0 aliphatic carbocycles. The molecule has 0 N–H and O–H groups in total.